The molecule has 1 N–H and O–H groups in total. The van der Waals surface area contributed by atoms with Gasteiger partial charge in [0.25, 0.3) is 0 Å². The van der Waals surface area contributed by atoms with Crippen LogP contribution in [0, 0.1) is 22.9 Å². The van der Waals surface area contributed by atoms with E-state index in [9.17, 15) is 14.5 Å². The Hall–Kier alpha value is -1.80. The molecule has 0 unspecified atom stereocenters. The van der Waals surface area contributed by atoms with Gasteiger partial charge in [0.2, 0.25) is 11.1 Å². The molecule has 0 amide bonds. The number of hydrogen-bond donors (Lipinski definition) is 1. The number of rotatable bonds is 3. The van der Waals surface area contributed by atoms with E-state index in [1.807, 2.05) is 0 Å². The molecule has 1 heterocycles. The maximum absolute atomic E-state index is 13.7. The van der Waals surface area contributed by atoms with Gasteiger partial charge in [-0.1, -0.05) is 15.9 Å². The van der Waals surface area contributed by atoms with E-state index in [0.717, 1.165) is 0 Å². The Bertz CT molecular complexity index is 698. The van der Waals surface area contributed by atoms with E-state index in [2.05, 4.69) is 31.2 Å². The van der Waals surface area contributed by atoms with Gasteiger partial charge in [-0.2, -0.15) is 4.98 Å². The van der Waals surface area contributed by atoms with Crippen molar-refractivity contribution in [2.75, 3.05) is 5.32 Å². The van der Waals surface area contributed by atoms with Crippen molar-refractivity contribution in [2.45, 2.75) is 6.92 Å². The summed E-state index contributed by atoms with van der Waals surface area (Å²) >= 11 is 8.86. The van der Waals surface area contributed by atoms with Gasteiger partial charge in [-0.3, -0.25) is 10.1 Å². The van der Waals surface area contributed by atoms with Gasteiger partial charge in [-0.15, -0.1) is 0 Å². The minimum absolute atomic E-state index is 0.0386. The lowest BCUT2D eigenvalue weighted by atomic mass is 10.3. The van der Waals surface area contributed by atoms with Crippen molar-refractivity contribution in [3.05, 3.63) is 49.6 Å². The van der Waals surface area contributed by atoms with Crippen LogP contribution in [0.2, 0.25) is 5.28 Å². The van der Waals surface area contributed by atoms with E-state index < -0.39 is 10.7 Å². The van der Waals surface area contributed by atoms with Gasteiger partial charge in [0, 0.05) is 4.47 Å². The molecule has 0 saturated heterocycles. The highest BCUT2D eigenvalue weighted by Gasteiger charge is 2.22. The molecule has 0 spiro atoms. The first-order valence-corrected chi connectivity index (χ1v) is 6.46. The third-order valence-electron chi connectivity index (χ3n) is 2.40. The Kier molecular flexibility index (Phi) is 4.15. The fourth-order valence-electron chi connectivity index (χ4n) is 1.56. The number of nitrogens with one attached hydrogen (secondary N) is 1. The Balaban J connectivity index is 2.53. The molecule has 0 atom stereocenters. The van der Waals surface area contributed by atoms with Crippen LogP contribution < -0.4 is 5.32 Å². The van der Waals surface area contributed by atoms with Gasteiger partial charge >= 0.3 is 5.69 Å². The maximum atomic E-state index is 13.7. The molecular formula is C11H7BrClFN4O2. The molecule has 1 aromatic carbocycles. The second-order valence-electron chi connectivity index (χ2n) is 3.78. The van der Waals surface area contributed by atoms with E-state index in [1.165, 1.54) is 25.1 Å². The molecule has 9 heteroatoms. The Morgan fingerprint density at radius 2 is 2.15 bits per heavy atom. The Labute approximate surface area is 126 Å². The lowest BCUT2D eigenvalue weighted by Crippen LogP contribution is -2.05. The van der Waals surface area contributed by atoms with Crippen LogP contribution in [-0.4, -0.2) is 14.9 Å². The standard InChI is InChI=1S/C11H7BrClFN4O2/c1-5-9(18(19)20)10(17-11(13)15-5)16-8-4-6(12)2-3-7(8)14/h2-4H,1H3,(H,15,16,17). The number of halogens is 3. The molecule has 1 aromatic heterocycles. The van der Waals surface area contributed by atoms with Gasteiger partial charge in [0.05, 0.1) is 10.6 Å². The van der Waals surface area contributed by atoms with Gasteiger partial charge in [-0.25, -0.2) is 9.37 Å². The average Bonchev–Trinajstić information content (AvgIpc) is 2.32. The van der Waals surface area contributed by atoms with Crippen LogP contribution in [-0.2, 0) is 0 Å². The van der Waals surface area contributed by atoms with Crippen molar-refractivity contribution in [3.8, 4) is 0 Å². The molecule has 2 rings (SSSR count). The van der Waals surface area contributed by atoms with Crippen molar-refractivity contribution in [2.24, 2.45) is 0 Å². The number of aryl methyl sites for hydroxylation is 1. The molecular weight excluding hydrogens is 355 g/mol. The second-order valence-corrected chi connectivity index (χ2v) is 5.04. The largest absolute Gasteiger partial charge is 0.332 e. The molecule has 0 aliphatic heterocycles. The molecule has 0 saturated carbocycles. The molecule has 0 aliphatic carbocycles. The molecule has 2 aromatic rings. The number of nitrogens with zero attached hydrogens (tertiary/aromatic N) is 3. The van der Waals surface area contributed by atoms with Gasteiger partial charge in [0.15, 0.2) is 0 Å². The Morgan fingerprint density at radius 1 is 1.45 bits per heavy atom. The summed E-state index contributed by atoms with van der Waals surface area (Å²) in [6.07, 6.45) is 0. The van der Waals surface area contributed by atoms with E-state index in [0.29, 0.717) is 4.47 Å². The first kappa shape index (κ1) is 14.6. The zero-order valence-corrected chi connectivity index (χ0v) is 12.4. The first-order valence-electron chi connectivity index (χ1n) is 5.29. The number of aromatic nitrogens is 2. The van der Waals surface area contributed by atoms with Crippen molar-refractivity contribution < 1.29 is 9.31 Å². The summed E-state index contributed by atoms with van der Waals surface area (Å²) in [6.45, 7) is 1.42. The lowest BCUT2D eigenvalue weighted by molar-refractivity contribution is -0.385. The predicted octanol–water partition coefficient (Wildman–Crippen LogP) is 3.99. The summed E-state index contributed by atoms with van der Waals surface area (Å²) < 4.78 is 14.3. The second kappa shape index (κ2) is 5.68. The van der Waals surface area contributed by atoms with Crippen molar-refractivity contribution in [1.29, 1.82) is 0 Å². The highest BCUT2D eigenvalue weighted by Crippen LogP contribution is 2.31. The van der Waals surface area contributed by atoms with Crippen LogP contribution in [0.5, 0.6) is 0 Å². The van der Waals surface area contributed by atoms with Crippen LogP contribution in [0.25, 0.3) is 0 Å². The van der Waals surface area contributed by atoms with E-state index in [-0.39, 0.29) is 28.2 Å². The molecule has 6 nitrogen and oxygen atoms in total. The quantitative estimate of drug-likeness (QED) is 0.508. The van der Waals surface area contributed by atoms with Gasteiger partial charge in [-0.05, 0) is 36.7 Å². The third kappa shape index (κ3) is 3.02. The van der Waals surface area contributed by atoms with E-state index in [1.54, 1.807) is 0 Å². The minimum atomic E-state index is -0.649. The minimum Gasteiger partial charge on any atom is -0.332 e. The number of hydrogen-bond acceptors (Lipinski definition) is 5. The molecule has 104 valence electrons. The molecule has 0 bridgehead atoms. The van der Waals surface area contributed by atoms with Gasteiger partial charge < -0.3 is 5.32 Å². The summed E-state index contributed by atoms with van der Waals surface area (Å²) in [6, 6.07) is 4.16. The fraction of sp³-hybridized carbons (Fsp3) is 0.0909. The normalized spacial score (nSPS) is 10.4. The average molecular weight is 362 g/mol. The van der Waals surface area contributed by atoms with Crippen LogP contribution in [0.4, 0.5) is 21.6 Å². The summed E-state index contributed by atoms with van der Waals surface area (Å²) in [7, 11) is 0. The van der Waals surface area contributed by atoms with E-state index >= 15 is 0 Å². The fourth-order valence-corrected chi connectivity index (χ4v) is 2.13. The molecule has 0 radical (unpaired) electrons. The van der Waals surface area contributed by atoms with Crippen LogP contribution >= 0.6 is 27.5 Å². The first-order chi connectivity index (χ1) is 9.38. The SMILES string of the molecule is Cc1nc(Cl)nc(Nc2cc(Br)ccc2F)c1[N+](=O)[O-]. The van der Waals surface area contributed by atoms with Gasteiger partial charge in [0.1, 0.15) is 11.5 Å². The Morgan fingerprint density at radius 3 is 2.80 bits per heavy atom. The maximum Gasteiger partial charge on any atom is 0.332 e. The van der Waals surface area contributed by atoms with E-state index in [4.69, 9.17) is 11.6 Å². The zero-order valence-electron chi connectivity index (χ0n) is 10.0. The van der Waals surface area contributed by atoms with Crippen molar-refractivity contribution in [1.82, 2.24) is 9.97 Å². The summed E-state index contributed by atoms with van der Waals surface area (Å²) in [5, 5.41) is 13.4. The van der Waals surface area contributed by atoms with Crippen LogP contribution in [0.15, 0.2) is 22.7 Å². The number of benzene rings is 1. The predicted molar refractivity (Wildman–Crippen MR) is 75.8 cm³/mol. The monoisotopic (exact) mass is 360 g/mol. The summed E-state index contributed by atoms with van der Waals surface area (Å²) in [4.78, 5) is 17.8. The van der Waals surface area contributed by atoms with Crippen LogP contribution in [0.1, 0.15) is 5.69 Å². The third-order valence-corrected chi connectivity index (χ3v) is 3.06. The summed E-state index contributed by atoms with van der Waals surface area (Å²) in [5.74, 6) is -0.737. The lowest BCUT2D eigenvalue weighted by Gasteiger charge is -2.09. The highest BCUT2D eigenvalue weighted by atomic mass is 79.9. The van der Waals surface area contributed by atoms with Crippen molar-refractivity contribution in [3.63, 3.8) is 0 Å². The van der Waals surface area contributed by atoms with Crippen molar-refractivity contribution >= 4 is 44.7 Å². The number of anilines is 2. The highest BCUT2D eigenvalue weighted by molar-refractivity contribution is 9.10. The smallest absolute Gasteiger partial charge is 0.332 e. The topological polar surface area (TPSA) is 81.0 Å². The molecule has 0 fully saturated rings. The summed E-state index contributed by atoms with van der Waals surface area (Å²) in [5.41, 5.74) is -0.224. The molecule has 0 aliphatic rings. The molecule has 20 heavy (non-hydrogen) atoms. The number of nitro groups is 1. The van der Waals surface area contributed by atoms with Crippen LogP contribution in [0.3, 0.4) is 0 Å². The zero-order chi connectivity index (χ0) is 14.9.